The molecule has 0 aliphatic heterocycles. The van der Waals surface area contributed by atoms with Crippen molar-refractivity contribution in [1.82, 2.24) is 0 Å². The molecule has 1 atom stereocenters. The SMILES string of the molecule is NC(Cc1ccc(OS(=O)(=O)c2ccc3ccccc3c2)cc1)C(=O)O. The van der Waals surface area contributed by atoms with Crippen molar-refractivity contribution in [3.8, 4) is 5.75 Å². The zero-order valence-electron chi connectivity index (χ0n) is 13.7. The van der Waals surface area contributed by atoms with Gasteiger partial charge in [-0.25, -0.2) is 0 Å². The zero-order valence-corrected chi connectivity index (χ0v) is 14.5. The molecule has 7 heteroatoms. The summed E-state index contributed by atoms with van der Waals surface area (Å²) in [5.74, 6) is -0.949. The highest BCUT2D eigenvalue weighted by Crippen LogP contribution is 2.23. The summed E-state index contributed by atoms with van der Waals surface area (Å²) in [6.07, 6.45) is 0.146. The lowest BCUT2D eigenvalue weighted by Gasteiger charge is -2.10. The molecule has 0 bridgehead atoms. The van der Waals surface area contributed by atoms with Gasteiger partial charge in [-0.2, -0.15) is 8.42 Å². The van der Waals surface area contributed by atoms with Gasteiger partial charge in [0.05, 0.1) is 0 Å². The summed E-state index contributed by atoms with van der Waals surface area (Å²) >= 11 is 0. The average molecular weight is 371 g/mol. The highest BCUT2D eigenvalue weighted by Gasteiger charge is 2.17. The average Bonchev–Trinajstić information content (AvgIpc) is 2.62. The zero-order chi connectivity index (χ0) is 18.7. The molecule has 3 aromatic rings. The van der Waals surface area contributed by atoms with Crippen LogP contribution in [0.25, 0.3) is 10.8 Å². The topological polar surface area (TPSA) is 107 Å². The minimum absolute atomic E-state index is 0.0631. The van der Waals surface area contributed by atoms with Crippen molar-refractivity contribution in [3.05, 3.63) is 72.3 Å². The number of carboxylic acids is 1. The highest BCUT2D eigenvalue weighted by molar-refractivity contribution is 7.87. The first-order valence-corrected chi connectivity index (χ1v) is 9.26. The van der Waals surface area contributed by atoms with Crippen LogP contribution in [0.5, 0.6) is 5.75 Å². The Kier molecular flexibility index (Phi) is 4.92. The van der Waals surface area contributed by atoms with E-state index in [2.05, 4.69) is 0 Å². The fourth-order valence-electron chi connectivity index (χ4n) is 2.52. The molecule has 0 aromatic heterocycles. The van der Waals surface area contributed by atoms with Gasteiger partial charge in [-0.3, -0.25) is 4.79 Å². The second kappa shape index (κ2) is 7.15. The molecule has 26 heavy (non-hydrogen) atoms. The van der Waals surface area contributed by atoms with Crippen LogP contribution in [-0.2, 0) is 21.3 Å². The lowest BCUT2D eigenvalue weighted by molar-refractivity contribution is -0.138. The summed E-state index contributed by atoms with van der Waals surface area (Å²) in [5, 5.41) is 10.6. The van der Waals surface area contributed by atoms with E-state index in [1.54, 1.807) is 24.3 Å². The van der Waals surface area contributed by atoms with Crippen LogP contribution in [0.1, 0.15) is 5.56 Å². The standard InChI is InChI=1S/C19H17NO5S/c20-18(19(21)22)11-13-5-8-16(9-6-13)25-26(23,24)17-10-7-14-3-1-2-4-15(14)12-17/h1-10,12,18H,11,20H2,(H,21,22). The first-order valence-electron chi connectivity index (χ1n) is 7.86. The summed E-state index contributed by atoms with van der Waals surface area (Å²) in [5.41, 5.74) is 6.16. The number of carboxylic acid groups (broad SMARTS) is 1. The normalized spacial score (nSPS) is 12.7. The molecule has 0 heterocycles. The molecule has 0 amide bonds. The fraction of sp³-hybridized carbons (Fsp3) is 0.105. The largest absolute Gasteiger partial charge is 0.480 e. The number of benzene rings is 3. The Morgan fingerprint density at radius 2 is 1.65 bits per heavy atom. The van der Waals surface area contributed by atoms with E-state index < -0.39 is 22.1 Å². The Bertz CT molecular complexity index is 1040. The van der Waals surface area contributed by atoms with Gasteiger partial charge >= 0.3 is 16.1 Å². The van der Waals surface area contributed by atoms with Crippen molar-refractivity contribution >= 4 is 26.9 Å². The van der Waals surface area contributed by atoms with Crippen LogP contribution in [0, 0.1) is 0 Å². The van der Waals surface area contributed by atoms with Crippen LogP contribution in [0.15, 0.2) is 71.6 Å². The van der Waals surface area contributed by atoms with E-state index in [0.717, 1.165) is 10.8 Å². The first kappa shape index (κ1) is 17.9. The van der Waals surface area contributed by atoms with Crippen LogP contribution in [0.2, 0.25) is 0 Å². The molecule has 1 unspecified atom stereocenters. The van der Waals surface area contributed by atoms with Gasteiger partial charge in [0.1, 0.15) is 16.7 Å². The molecular formula is C19H17NO5S. The van der Waals surface area contributed by atoms with Crippen LogP contribution in [0.4, 0.5) is 0 Å². The maximum absolute atomic E-state index is 12.5. The van der Waals surface area contributed by atoms with E-state index >= 15 is 0 Å². The van der Waals surface area contributed by atoms with Crippen molar-refractivity contribution in [2.45, 2.75) is 17.4 Å². The van der Waals surface area contributed by atoms with E-state index in [9.17, 15) is 13.2 Å². The molecule has 0 spiro atoms. The molecule has 3 rings (SSSR count). The Morgan fingerprint density at radius 1 is 1.00 bits per heavy atom. The van der Waals surface area contributed by atoms with Gasteiger partial charge in [-0.05, 0) is 47.0 Å². The van der Waals surface area contributed by atoms with Gasteiger partial charge < -0.3 is 15.0 Å². The van der Waals surface area contributed by atoms with E-state index in [1.807, 2.05) is 24.3 Å². The number of aliphatic carboxylic acids is 1. The first-order chi connectivity index (χ1) is 12.3. The quantitative estimate of drug-likeness (QED) is 0.645. The molecular weight excluding hydrogens is 354 g/mol. The highest BCUT2D eigenvalue weighted by atomic mass is 32.2. The third-order valence-electron chi connectivity index (χ3n) is 3.91. The maximum atomic E-state index is 12.5. The van der Waals surface area contributed by atoms with E-state index in [0.29, 0.717) is 5.56 Å². The summed E-state index contributed by atoms with van der Waals surface area (Å²) in [6.45, 7) is 0. The third-order valence-corrected chi connectivity index (χ3v) is 5.15. The third kappa shape index (κ3) is 4.01. The van der Waals surface area contributed by atoms with Crippen molar-refractivity contribution in [1.29, 1.82) is 0 Å². The van der Waals surface area contributed by atoms with Crippen molar-refractivity contribution in [2.24, 2.45) is 5.73 Å². The summed E-state index contributed by atoms with van der Waals surface area (Å²) in [4.78, 5) is 10.8. The summed E-state index contributed by atoms with van der Waals surface area (Å²) in [7, 11) is -3.97. The lowest BCUT2D eigenvalue weighted by atomic mass is 10.1. The predicted octanol–water partition coefficient (Wildman–Crippen LogP) is 2.56. The van der Waals surface area contributed by atoms with Gasteiger partial charge in [0.2, 0.25) is 0 Å². The van der Waals surface area contributed by atoms with Crippen LogP contribution >= 0.6 is 0 Å². The van der Waals surface area contributed by atoms with Gasteiger partial charge in [-0.1, -0.05) is 42.5 Å². The van der Waals surface area contributed by atoms with Gasteiger partial charge in [0, 0.05) is 0 Å². The summed E-state index contributed by atoms with van der Waals surface area (Å²) < 4.78 is 30.1. The number of hydrogen-bond acceptors (Lipinski definition) is 5. The molecule has 0 fully saturated rings. The van der Waals surface area contributed by atoms with E-state index in [1.165, 1.54) is 18.2 Å². The lowest BCUT2D eigenvalue weighted by Crippen LogP contribution is -2.32. The second-order valence-electron chi connectivity index (χ2n) is 5.84. The monoisotopic (exact) mass is 371 g/mol. The van der Waals surface area contributed by atoms with Crippen LogP contribution in [0.3, 0.4) is 0 Å². The molecule has 0 saturated carbocycles. The van der Waals surface area contributed by atoms with Crippen LogP contribution < -0.4 is 9.92 Å². The Labute approximate surface area is 151 Å². The predicted molar refractivity (Wildman–Crippen MR) is 97.5 cm³/mol. The van der Waals surface area contributed by atoms with Crippen molar-refractivity contribution in [2.75, 3.05) is 0 Å². The van der Waals surface area contributed by atoms with Gasteiger partial charge in [-0.15, -0.1) is 0 Å². The van der Waals surface area contributed by atoms with E-state index in [-0.39, 0.29) is 17.1 Å². The number of fused-ring (bicyclic) bond motifs is 1. The molecule has 0 saturated heterocycles. The smallest absolute Gasteiger partial charge is 0.339 e. The Balaban J connectivity index is 1.79. The molecule has 3 aromatic carbocycles. The Morgan fingerprint density at radius 3 is 2.31 bits per heavy atom. The number of rotatable bonds is 6. The fourth-order valence-corrected chi connectivity index (χ4v) is 3.49. The van der Waals surface area contributed by atoms with Gasteiger partial charge in [0.15, 0.2) is 0 Å². The van der Waals surface area contributed by atoms with Crippen LogP contribution in [-0.4, -0.2) is 25.5 Å². The second-order valence-corrected chi connectivity index (χ2v) is 7.39. The van der Waals surface area contributed by atoms with Gasteiger partial charge in [0.25, 0.3) is 0 Å². The summed E-state index contributed by atoms with van der Waals surface area (Å²) in [6, 6.07) is 17.3. The molecule has 0 radical (unpaired) electrons. The molecule has 0 aliphatic rings. The van der Waals surface area contributed by atoms with Crippen molar-refractivity contribution in [3.63, 3.8) is 0 Å². The minimum atomic E-state index is -3.97. The number of nitrogens with two attached hydrogens (primary N) is 1. The molecule has 6 nitrogen and oxygen atoms in total. The van der Waals surface area contributed by atoms with Crippen molar-refractivity contribution < 1.29 is 22.5 Å². The molecule has 3 N–H and O–H groups in total. The molecule has 134 valence electrons. The minimum Gasteiger partial charge on any atom is -0.480 e. The number of hydrogen-bond donors (Lipinski definition) is 2. The molecule has 0 aliphatic carbocycles. The maximum Gasteiger partial charge on any atom is 0.339 e. The Hall–Kier alpha value is -2.90. The van der Waals surface area contributed by atoms with E-state index in [4.69, 9.17) is 15.0 Å². The number of carbonyl (C=O) groups is 1.